The van der Waals surface area contributed by atoms with E-state index in [-0.39, 0.29) is 23.7 Å². The van der Waals surface area contributed by atoms with Crippen LogP contribution in [0.2, 0.25) is 0 Å². The lowest BCUT2D eigenvalue weighted by molar-refractivity contribution is -0.386. The summed E-state index contributed by atoms with van der Waals surface area (Å²) in [6.07, 6.45) is -2.76. The zero-order chi connectivity index (χ0) is 15.4. The summed E-state index contributed by atoms with van der Waals surface area (Å²) < 4.78 is 0. The van der Waals surface area contributed by atoms with Crippen LogP contribution < -0.4 is 5.32 Å². The minimum absolute atomic E-state index is 0.0680. The van der Waals surface area contributed by atoms with Gasteiger partial charge in [-0.2, -0.15) is 0 Å². The number of rotatable bonds is 5. The number of nitro benzene ring substituents is 1. The van der Waals surface area contributed by atoms with Crippen LogP contribution in [0.1, 0.15) is 29.7 Å². The molecule has 7 nitrogen and oxygen atoms in total. The van der Waals surface area contributed by atoms with Crippen molar-refractivity contribution in [2.24, 2.45) is 0 Å². The van der Waals surface area contributed by atoms with Gasteiger partial charge in [-0.1, -0.05) is 6.07 Å². The quantitative estimate of drug-likeness (QED) is 0.544. The van der Waals surface area contributed by atoms with E-state index in [1.54, 1.807) is 19.9 Å². The number of hydrogen-bond acceptors (Lipinski definition) is 5. The molecular formula is C13H18N2O5. The highest BCUT2D eigenvalue weighted by Crippen LogP contribution is 2.31. The van der Waals surface area contributed by atoms with Gasteiger partial charge in [-0.15, -0.1) is 0 Å². The van der Waals surface area contributed by atoms with Gasteiger partial charge in [0, 0.05) is 19.5 Å². The molecule has 0 spiro atoms. The number of amides is 1. The van der Waals surface area contributed by atoms with Gasteiger partial charge in [-0.25, -0.2) is 0 Å². The summed E-state index contributed by atoms with van der Waals surface area (Å²) in [4.78, 5) is 21.3. The van der Waals surface area contributed by atoms with E-state index in [1.807, 2.05) is 0 Å². The zero-order valence-electron chi connectivity index (χ0n) is 11.6. The molecule has 1 aromatic rings. The number of nitrogens with one attached hydrogen (secondary N) is 1. The van der Waals surface area contributed by atoms with Gasteiger partial charge < -0.3 is 15.5 Å². The van der Waals surface area contributed by atoms with Gasteiger partial charge in [0.1, 0.15) is 12.2 Å². The largest absolute Gasteiger partial charge is 0.388 e. The van der Waals surface area contributed by atoms with Gasteiger partial charge in [0.25, 0.3) is 5.69 Å². The average Bonchev–Trinajstić information content (AvgIpc) is 2.34. The standard InChI is InChI=1S/C13H18N2O5/c1-7-4-8(2)12(10(5-7)15(19)20)13(18)11(17)6-14-9(3)16/h4-5,11,13,17-18H,6H2,1-3H3,(H,14,16). The first-order valence-electron chi connectivity index (χ1n) is 6.10. The highest BCUT2D eigenvalue weighted by Gasteiger charge is 2.28. The molecule has 0 radical (unpaired) electrons. The van der Waals surface area contributed by atoms with E-state index in [0.717, 1.165) is 0 Å². The molecule has 20 heavy (non-hydrogen) atoms. The Labute approximate surface area is 116 Å². The lowest BCUT2D eigenvalue weighted by atomic mass is 9.95. The number of nitro groups is 1. The van der Waals surface area contributed by atoms with Gasteiger partial charge in [0.15, 0.2) is 0 Å². The van der Waals surface area contributed by atoms with E-state index in [9.17, 15) is 25.1 Å². The fraction of sp³-hybridized carbons (Fsp3) is 0.462. The predicted molar refractivity (Wildman–Crippen MR) is 72.2 cm³/mol. The molecule has 0 aromatic heterocycles. The van der Waals surface area contributed by atoms with Crippen molar-refractivity contribution < 1.29 is 19.9 Å². The van der Waals surface area contributed by atoms with Crippen LogP contribution in [0.5, 0.6) is 0 Å². The Morgan fingerprint density at radius 1 is 1.40 bits per heavy atom. The Bertz CT molecular complexity index is 530. The number of aryl methyl sites for hydroxylation is 2. The molecule has 1 amide bonds. The summed E-state index contributed by atoms with van der Waals surface area (Å²) in [7, 11) is 0. The van der Waals surface area contributed by atoms with Crippen molar-refractivity contribution in [3.8, 4) is 0 Å². The van der Waals surface area contributed by atoms with Crippen LogP contribution >= 0.6 is 0 Å². The number of aliphatic hydroxyl groups is 2. The SMILES string of the molecule is CC(=O)NCC(O)C(O)c1c(C)cc(C)cc1[N+](=O)[O-]. The highest BCUT2D eigenvalue weighted by molar-refractivity contribution is 5.72. The first-order valence-corrected chi connectivity index (χ1v) is 6.10. The molecule has 0 heterocycles. The second-order valence-electron chi connectivity index (χ2n) is 4.72. The molecule has 0 aliphatic carbocycles. The second kappa shape index (κ2) is 6.44. The van der Waals surface area contributed by atoms with E-state index < -0.39 is 17.1 Å². The number of carbonyl (C=O) groups is 1. The molecule has 0 bridgehead atoms. The van der Waals surface area contributed by atoms with Gasteiger partial charge in [-0.05, 0) is 25.0 Å². The maximum absolute atomic E-state index is 11.1. The normalized spacial score (nSPS) is 13.7. The Morgan fingerprint density at radius 3 is 2.50 bits per heavy atom. The fourth-order valence-electron chi connectivity index (χ4n) is 2.04. The summed E-state index contributed by atoms with van der Waals surface area (Å²) in [6, 6.07) is 3.04. The molecule has 0 saturated carbocycles. The molecule has 2 atom stereocenters. The van der Waals surface area contributed by atoms with Crippen LogP contribution in [0.3, 0.4) is 0 Å². The Morgan fingerprint density at radius 2 is 2.00 bits per heavy atom. The van der Waals surface area contributed by atoms with Crippen LogP contribution in [0.4, 0.5) is 5.69 Å². The monoisotopic (exact) mass is 282 g/mol. The van der Waals surface area contributed by atoms with Crippen molar-refractivity contribution in [3.05, 3.63) is 38.9 Å². The molecule has 3 N–H and O–H groups in total. The van der Waals surface area contributed by atoms with E-state index >= 15 is 0 Å². The molecule has 0 saturated heterocycles. The van der Waals surface area contributed by atoms with E-state index in [2.05, 4.69) is 5.32 Å². The van der Waals surface area contributed by atoms with Crippen molar-refractivity contribution in [2.75, 3.05) is 6.54 Å². The van der Waals surface area contributed by atoms with Gasteiger partial charge in [0.05, 0.1) is 10.5 Å². The number of aliphatic hydroxyl groups excluding tert-OH is 2. The van der Waals surface area contributed by atoms with Gasteiger partial charge in [-0.3, -0.25) is 14.9 Å². The number of carbonyl (C=O) groups excluding carboxylic acids is 1. The maximum atomic E-state index is 11.1. The Balaban J connectivity index is 3.11. The zero-order valence-corrected chi connectivity index (χ0v) is 11.6. The van der Waals surface area contributed by atoms with Crippen LogP contribution in [0.25, 0.3) is 0 Å². The highest BCUT2D eigenvalue weighted by atomic mass is 16.6. The summed E-state index contributed by atoms with van der Waals surface area (Å²) in [6.45, 7) is 4.44. The van der Waals surface area contributed by atoms with Crippen LogP contribution in [-0.4, -0.2) is 33.7 Å². The van der Waals surface area contributed by atoms with Crippen molar-refractivity contribution >= 4 is 11.6 Å². The number of nitrogens with zero attached hydrogens (tertiary/aromatic N) is 1. The molecule has 110 valence electrons. The maximum Gasteiger partial charge on any atom is 0.275 e. The molecule has 0 aliphatic rings. The average molecular weight is 282 g/mol. The van der Waals surface area contributed by atoms with Crippen LogP contribution in [0, 0.1) is 24.0 Å². The van der Waals surface area contributed by atoms with E-state index in [1.165, 1.54) is 13.0 Å². The van der Waals surface area contributed by atoms with Crippen molar-refractivity contribution in [1.29, 1.82) is 0 Å². The molecular weight excluding hydrogens is 264 g/mol. The molecule has 0 aliphatic heterocycles. The molecule has 2 unspecified atom stereocenters. The minimum Gasteiger partial charge on any atom is -0.388 e. The second-order valence-corrected chi connectivity index (χ2v) is 4.72. The number of benzene rings is 1. The third-order valence-electron chi connectivity index (χ3n) is 2.93. The first kappa shape index (κ1) is 16.1. The minimum atomic E-state index is -1.44. The third-order valence-corrected chi connectivity index (χ3v) is 2.93. The summed E-state index contributed by atoms with van der Waals surface area (Å²) in [5, 5.41) is 33.3. The molecule has 1 aromatic carbocycles. The lowest BCUT2D eigenvalue weighted by Crippen LogP contribution is -2.34. The van der Waals surface area contributed by atoms with Gasteiger partial charge >= 0.3 is 0 Å². The summed E-state index contributed by atoms with van der Waals surface area (Å²) >= 11 is 0. The predicted octanol–water partition coefficient (Wildman–Crippen LogP) is 0.742. The van der Waals surface area contributed by atoms with Crippen molar-refractivity contribution in [3.63, 3.8) is 0 Å². The van der Waals surface area contributed by atoms with Gasteiger partial charge in [0.2, 0.25) is 5.91 Å². The fourth-order valence-corrected chi connectivity index (χ4v) is 2.04. The number of hydrogen-bond donors (Lipinski definition) is 3. The van der Waals surface area contributed by atoms with Crippen molar-refractivity contribution in [2.45, 2.75) is 33.0 Å². The molecule has 0 fully saturated rings. The third kappa shape index (κ3) is 3.75. The van der Waals surface area contributed by atoms with Crippen LogP contribution in [-0.2, 0) is 4.79 Å². The van der Waals surface area contributed by atoms with Crippen LogP contribution in [0.15, 0.2) is 12.1 Å². The van der Waals surface area contributed by atoms with E-state index in [0.29, 0.717) is 11.1 Å². The van der Waals surface area contributed by atoms with Crippen molar-refractivity contribution in [1.82, 2.24) is 5.32 Å². The summed E-state index contributed by atoms with van der Waals surface area (Å²) in [5.74, 6) is -0.355. The lowest BCUT2D eigenvalue weighted by Gasteiger charge is -2.20. The smallest absolute Gasteiger partial charge is 0.275 e. The van der Waals surface area contributed by atoms with E-state index in [4.69, 9.17) is 0 Å². The topological polar surface area (TPSA) is 113 Å². The molecule has 7 heteroatoms. The first-order chi connectivity index (χ1) is 9.23. The Kier molecular flexibility index (Phi) is 5.18. The molecule has 1 rings (SSSR count). The Hall–Kier alpha value is -1.99. The summed E-state index contributed by atoms with van der Waals surface area (Å²) in [5.41, 5.74) is 1.04.